The predicted octanol–water partition coefficient (Wildman–Crippen LogP) is 5.64. The Morgan fingerprint density at radius 3 is 1.54 bits per heavy atom. The van der Waals surface area contributed by atoms with E-state index in [-0.39, 0.29) is 19.3 Å². The predicted molar refractivity (Wildman–Crippen MR) is 222 cm³/mol. The smallest absolute Gasteiger partial charge is 0.333 e. The summed E-state index contributed by atoms with van der Waals surface area (Å²) >= 11 is 0. The van der Waals surface area contributed by atoms with Crippen LogP contribution in [0, 0.1) is 0 Å². The van der Waals surface area contributed by atoms with Gasteiger partial charge in [0.15, 0.2) is 5.76 Å². The van der Waals surface area contributed by atoms with Gasteiger partial charge in [-0.3, -0.25) is 9.59 Å². The Hall–Kier alpha value is -4.99. The molecule has 4 aromatic rings. The summed E-state index contributed by atoms with van der Waals surface area (Å²) in [5.74, 6) is -0.671. The highest BCUT2D eigenvalue weighted by molar-refractivity contribution is 6.01. The molecule has 300 valence electrons. The number of amides is 2. The van der Waals surface area contributed by atoms with Gasteiger partial charge in [-0.15, -0.1) is 5.06 Å². The summed E-state index contributed by atoms with van der Waals surface area (Å²) in [7, 11) is 0. The fourth-order valence-electron chi connectivity index (χ4n) is 9.00. The number of carbonyl (C=O) groups is 3. The lowest BCUT2D eigenvalue weighted by molar-refractivity contribution is -0.197. The summed E-state index contributed by atoms with van der Waals surface area (Å²) in [6.45, 7) is 18.3. The van der Waals surface area contributed by atoms with Gasteiger partial charge in [0.2, 0.25) is 0 Å². The van der Waals surface area contributed by atoms with Crippen molar-refractivity contribution >= 4 is 41.8 Å². The van der Waals surface area contributed by atoms with Crippen molar-refractivity contribution in [3.8, 4) is 0 Å². The first-order valence-corrected chi connectivity index (χ1v) is 21.2. The lowest BCUT2D eigenvalue weighted by atomic mass is 10.00. The SMILES string of the molecule is CCc1c2[nH]c(c1CC)C=c1[nH]c(c(CC)c1CC)=C(OCCCCCC(=O)ON1C(=O)CCC1=O)c1[nH]c(c(CC)c1CC)C=c1[nH]c(c(CC)c1CC)=C2. The minimum Gasteiger partial charge on any atom is -0.489 e. The topological polar surface area (TPSA) is 136 Å². The molecule has 0 radical (unpaired) electrons. The normalized spacial score (nSPS) is 13.9. The zero-order valence-electron chi connectivity index (χ0n) is 34.8. The van der Waals surface area contributed by atoms with Crippen LogP contribution in [0.25, 0.3) is 24.0 Å². The number of unbranched alkanes of at least 4 members (excludes halogenated alkanes) is 2. The first-order chi connectivity index (χ1) is 27.2. The Balaban J connectivity index is 1.49. The van der Waals surface area contributed by atoms with Gasteiger partial charge in [0.1, 0.15) is 0 Å². The third kappa shape index (κ3) is 7.71. The number of imide groups is 1. The van der Waals surface area contributed by atoms with Crippen LogP contribution in [0.15, 0.2) is 0 Å². The van der Waals surface area contributed by atoms with Gasteiger partial charge in [-0.25, -0.2) is 4.79 Å². The molecule has 6 heterocycles. The van der Waals surface area contributed by atoms with E-state index in [1.165, 1.54) is 55.6 Å². The van der Waals surface area contributed by atoms with Crippen LogP contribution in [0.1, 0.15) is 161 Å². The van der Waals surface area contributed by atoms with Crippen LogP contribution in [-0.4, -0.2) is 49.4 Å². The largest absolute Gasteiger partial charge is 0.489 e. The van der Waals surface area contributed by atoms with Gasteiger partial charge in [-0.1, -0.05) is 55.4 Å². The molecule has 1 fully saturated rings. The van der Waals surface area contributed by atoms with Crippen molar-refractivity contribution in [2.24, 2.45) is 0 Å². The summed E-state index contributed by atoms with van der Waals surface area (Å²) in [6, 6.07) is 0. The number of rotatable bonds is 16. The van der Waals surface area contributed by atoms with Crippen LogP contribution >= 0.6 is 0 Å². The average Bonchev–Trinajstić information content (AvgIpc) is 3.99. The molecule has 56 heavy (non-hydrogen) atoms. The summed E-state index contributed by atoms with van der Waals surface area (Å²) in [5.41, 5.74) is 14.9. The number of aromatic nitrogens is 4. The van der Waals surface area contributed by atoms with Gasteiger partial charge >= 0.3 is 5.97 Å². The highest BCUT2D eigenvalue weighted by Gasteiger charge is 2.32. The highest BCUT2D eigenvalue weighted by Crippen LogP contribution is 2.28. The van der Waals surface area contributed by atoms with Crippen molar-refractivity contribution in [2.45, 2.75) is 145 Å². The Morgan fingerprint density at radius 2 is 1.02 bits per heavy atom. The molecule has 2 aliphatic rings. The van der Waals surface area contributed by atoms with Crippen molar-refractivity contribution in [2.75, 3.05) is 6.61 Å². The number of H-pyrrole nitrogens is 4. The number of ether oxygens (including phenoxy) is 1. The lowest BCUT2D eigenvalue weighted by Crippen LogP contribution is -2.31. The van der Waals surface area contributed by atoms with Crippen molar-refractivity contribution in [1.82, 2.24) is 25.0 Å². The molecule has 0 aliphatic carbocycles. The van der Waals surface area contributed by atoms with Gasteiger partial charge < -0.3 is 29.5 Å². The van der Waals surface area contributed by atoms with E-state index >= 15 is 0 Å². The van der Waals surface area contributed by atoms with Gasteiger partial charge in [0.05, 0.1) is 17.6 Å². The standard InChI is InChI=1S/C46H61N5O5/c1-9-27-29(11-3)37-25-39-31(13-5)33(15-7)44(49-39)46(55-23-19-17-18-20-43(54)56-51-41(52)21-22-42(51)53)45-34(16-8)32(14-6)40(50-45)26-38-30(12-4)28(10-2)36(48-38)24-35(27)47-37/h24-26,47-50H,9-23H2,1-8H3. The fraction of sp³-hybridized carbons (Fsp3) is 0.500. The molecule has 8 bridgehead atoms. The number of carbonyl (C=O) groups excluding carboxylic acids is 3. The first-order valence-electron chi connectivity index (χ1n) is 21.2. The van der Waals surface area contributed by atoms with Crippen LogP contribution in [0.2, 0.25) is 0 Å². The number of hydrogen-bond acceptors (Lipinski definition) is 5. The molecule has 0 aromatic carbocycles. The minimum atomic E-state index is -0.568. The molecular formula is C46H61N5O5. The van der Waals surface area contributed by atoms with Gasteiger partial charge in [-0.05, 0) is 133 Å². The molecule has 10 heteroatoms. The van der Waals surface area contributed by atoms with Gasteiger partial charge in [0.25, 0.3) is 11.8 Å². The summed E-state index contributed by atoms with van der Waals surface area (Å²) in [6.07, 6.45) is 16.4. The zero-order valence-corrected chi connectivity index (χ0v) is 34.8. The van der Waals surface area contributed by atoms with E-state index in [1.807, 2.05) is 0 Å². The maximum Gasteiger partial charge on any atom is 0.333 e. The molecule has 0 atom stereocenters. The fourth-order valence-corrected chi connectivity index (χ4v) is 9.00. The second kappa shape index (κ2) is 17.9. The van der Waals surface area contributed by atoms with Crippen LogP contribution in [-0.2, 0) is 75.3 Å². The van der Waals surface area contributed by atoms with Crippen LogP contribution in [0.5, 0.6) is 0 Å². The lowest BCUT2D eigenvalue weighted by Gasteiger charge is -2.13. The molecule has 4 aromatic heterocycles. The monoisotopic (exact) mass is 763 g/mol. The van der Waals surface area contributed by atoms with Crippen molar-refractivity contribution in [1.29, 1.82) is 0 Å². The molecule has 4 N–H and O–H groups in total. The second-order valence-electron chi connectivity index (χ2n) is 14.9. The van der Waals surface area contributed by atoms with E-state index in [0.29, 0.717) is 24.5 Å². The summed E-state index contributed by atoms with van der Waals surface area (Å²) < 4.78 is 6.92. The number of hydroxylamine groups is 2. The van der Waals surface area contributed by atoms with Gasteiger partial charge in [0, 0.05) is 52.4 Å². The third-order valence-electron chi connectivity index (χ3n) is 11.7. The maximum atomic E-state index is 12.4. The zero-order chi connectivity index (χ0) is 40.1. The van der Waals surface area contributed by atoms with E-state index < -0.39 is 17.8 Å². The molecule has 10 nitrogen and oxygen atoms in total. The number of fused-ring (bicyclic) bond motifs is 8. The van der Waals surface area contributed by atoms with E-state index in [0.717, 1.165) is 96.7 Å². The van der Waals surface area contributed by atoms with E-state index in [1.54, 1.807) is 0 Å². The molecule has 2 amide bonds. The summed E-state index contributed by atoms with van der Waals surface area (Å²) in [5, 5.41) is 5.04. The molecule has 6 rings (SSSR count). The maximum absolute atomic E-state index is 12.4. The quantitative estimate of drug-likeness (QED) is 0.0866. The van der Waals surface area contributed by atoms with Crippen molar-refractivity contribution in [3.63, 3.8) is 0 Å². The Morgan fingerprint density at radius 1 is 0.554 bits per heavy atom. The molecule has 2 aliphatic heterocycles. The highest BCUT2D eigenvalue weighted by atomic mass is 16.7. The summed E-state index contributed by atoms with van der Waals surface area (Å²) in [4.78, 5) is 56.8. The Bertz CT molecular complexity index is 2350. The molecule has 0 saturated carbocycles. The molecule has 0 spiro atoms. The Labute approximate surface area is 330 Å². The average molecular weight is 764 g/mol. The number of nitrogens with zero attached hydrogens (tertiary/aromatic N) is 1. The van der Waals surface area contributed by atoms with E-state index in [9.17, 15) is 14.4 Å². The van der Waals surface area contributed by atoms with E-state index in [2.05, 4.69) is 93.6 Å². The first kappa shape index (κ1) is 40.7. The van der Waals surface area contributed by atoms with Crippen LogP contribution in [0.4, 0.5) is 0 Å². The molecular weight excluding hydrogens is 703 g/mol. The van der Waals surface area contributed by atoms with Crippen molar-refractivity contribution in [3.05, 3.63) is 88.7 Å². The van der Waals surface area contributed by atoms with Crippen LogP contribution in [0.3, 0.4) is 0 Å². The molecule has 1 saturated heterocycles. The second-order valence-corrected chi connectivity index (χ2v) is 14.9. The minimum absolute atomic E-state index is 0.0829. The van der Waals surface area contributed by atoms with Gasteiger partial charge in [-0.2, -0.15) is 0 Å². The van der Waals surface area contributed by atoms with Crippen molar-refractivity contribution < 1.29 is 24.0 Å². The Kier molecular flexibility index (Phi) is 13.0. The number of aromatic amines is 4. The number of hydrogen-bond donors (Lipinski definition) is 4. The van der Waals surface area contributed by atoms with E-state index in [4.69, 9.17) is 9.57 Å². The molecule has 0 unspecified atom stereocenters. The van der Waals surface area contributed by atoms with Crippen LogP contribution < -0.4 is 21.4 Å². The number of nitrogens with one attached hydrogen (secondary N) is 4. The third-order valence-corrected chi connectivity index (χ3v) is 11.7.